The molecular formula is C33H33Cl2O2Ti. The molecular weight excluding hydrogens is 547 g/mol. The molecule has 0 fully saturated rings. The van der Waals surface area contributed by atoms with Crippen molar-refractivity contribution in [3.8, 4) is 0 Å². The number of carboxylic acids is 1. The van der Waals surface area contributed by atoms with Crippen LogP contribution in [0.5, 0.6) is 0 Å². The molecule has 0 saturated heterocycles. The molecule has 0 aromatic heterocycles. The second-order valence-corrected chi connectivity index (χ2v) is 9.72. The van der Waals surface area contributed by atoms with E-state index in [2.05, 4.69) is 6.42 Å². The van der Waals surface area contributed by atoms with Crippen molar-refractivity contribution in [2.24, 2.45) is 0 Å². The molecule has 1 N–H and O–H groups in total. The largest absolute Gasteiger partial charge is 3.00 e. The zero-order chi connectivity index (χ0) is 24.1. The topological polar surface area (TPSA) is 37.3 Å². The smallest absolute Gasteiger partial charge is 1.00 e. The summed E-state index contributed by atoms with van der Waals surface area (Å²) in [5.41, 5.74) is 8.11. The summed E-state index contributed by atoms with van der Waals surface area (Å²) in [5, 5.41) is 10.2. The Balaban J connectivity index is 0.000000273. The van der Waals surface area contributed by atoms with E-state index in [9.17, 15) is 9.90 Å². The van der Waals surface area contributed by atoms with Crippen molar-refractivity contribution < 1.29 is 56.4 Å². The molecule has 0 atom stereocenters. The molecule has 3 aromatic carbocycles. The molecule has 6 rings (SSSR count). The number of hydrogen-bond acceptors (Lipinski definition) is 1. The number of fused-ring (bicyclic) bond motifs is 1. The van der Waals surface area contributed by atoms with Crippen molar-refractivity contribution in [2.45, 2.75) is 56.8 Å². The van der Waals surface area contributed by atoms with E-state index in [0.717, 1.165) is 16.7 Å². The Bertz CT molecular complexity index is 1110. The van der Waals surface area contributed by atoms with Gasteiger partial charge in [-0.3, -0.25) is 4.79 Å². The van der Waals surface area contributed by atoms with Crippen LogP contribution in [-0.2, 0) is 31.9 Å². The predicted molar refractivity (Wildman–Crippen MR) is 142 cm³/mol. The van der Waals surface area contributed by atoms with Crippen LogP contribution < -0.4 is 24.8 Å². The summed E-state index contributed by atoms with van der Waals surface area (Å²) in [5.74, 6) is -0.879. The van der Waals surface area contributed by atoms with Gasteiger partial charge in [-0.25, -0.2) is 12.0 Å². The first-order chi connectivity index (χ1) is 17.2. The van der Waals surface area contributed by atoms with Gasteiger partial charge >= 0.3 is 27.7 Å². The number of carboxylic acid groups (broad SMARTS) is 1. The summed E-state index contributed by atoms with van der Waals surface area (Å²) in [6.07, 6.45) is 13.6. The van der Waals surface area contributed by atoms with Crippen molar-refractivity contribution in [1.82, 2.24) is 0 Å². The second kappa shape index (κ2) is 14.8. The van der Waals surface area contributed by atoms with Crippen LogP contribution in [0.1, 0.15) is 68.1 Å². The maximum Gasteiger partial charge on any atom is 3.00 e. The monoisotopic (exact) mass is 579 g/mol. The third kappa shape index (κ3) is 6.32. The van der Waals surface area contributed by atoms with Gasteiger partial charge in [0.15, 0.2) is 0 Å². The summed E-state index contributed by atoms with van der Waals surface area (Å²) >= 11 is 0. The molecule has 2 nitrogen and oxygen atoms in total. The molecule has 1 radical (unpaired) electrons. The zero-order valence-corrected chi connectivity index (χ0v) is 24.6. The quantitative estimate of drug-likeness (QED) is 0.292. The van der Waals surface area contributed by atoms with Gasteiger partial charge < -0.3 is 29.9 Å². The first-order valence-corrected chi connectivity index (χ1v) is 12.9. The van der Waals surface area contributed by atoms with Gasteiger partial charge in [-0.2, -0.15) is 5.57 Å². The fourth-order valence-corrected chi connectivity index (χ4v) is 6.05. The number of hydrogen-bond donors (Lipinski definition) is 1. The number of rotatable bonds is 4. The Morgan fingerprint density at radius 1 is 0.658 bits per heavy atom. The van der Waals surface area contributed by atoms with Crippen LogP contribution in [0, 0.1) is 6.42 Å². The van der Waals surface area contributed by atoms with E-state index in [1.54, 1.807) is 22.3 Å². The van der Waals surface area contributed by atoms with E-state index in [-0.39, 0.29) is 46.5 Å². The number of benzene rings is 3. The Morgan fingerprint density at radius 3 is 1.58 bits per heavy atom. The Hall–Kier alpha value is -2.23. The van der Waals surface area contributed by atoms with E-state index in [1.165, 1.54) is 51.4 Å². The number of aliphatic carboxylic acids is 1. The van der Waals surface area contributed by atoms with Crippen molar-refractivity contribution in [2.75, 3.05) is 0 Å². The van der Waals surface area contributed by atoms with E-state index in [0.29, 0.717) is 0 Å². The molecule has 3 aromatic rings. The zero-order valence-electron chi connectivity index (χ0n) is 21.5. The van der Waals surface area contributed by atoms with Crippen LogP contribution in [0.25, 0.3) is 0 Å². The molecule has 0 amide bonds. The number of halogens is 2. The van der Waals surface area contributed by atoms with Gasteiger partial charge in [-0.1, -0.05) is 116 Å². The first kappa shape index (κ1) is 32.0. The first-order valence-electron chi connectivity index (χ1n) is 12.9. The molecule has 0 saturated carbocycles. The summed E-state index contributed by atoms with van der Waals surface area (Å²) in [6.45, 7) is 0. The molecule has 195 valence electrons. The molecule has 5 heteroatoms. The van der Waals surface area contributed by atoms with Crippen LogP contribution in [0.2, 0.25) is 0 Å². The van der Waals surface area contributed by atoms with Crippen LogP contribution in [-0.4, -0.2) is 11.1 Å². The van der Waals surface area contributed by atoms with E-state index in [1.807, 2.05) is 91.0 Å². The molecule has 0 unspecified atom stereocenters. The van der Waals surface area contributed by atoms with Crippen LogP contribution >= 0.6 is 0 Å². The summed E-state index contributed by atoms with van der Waals surface area (Å²) in [4.78, 5) is 12.4. The minimum atomic E-state index is -1.20. The SMILES string of the molecule is O=C(O)C(c1ccccc1)(c1ccccc1)c1ccccc1.[CH-]1CCCC2=C1CC1=C2CCCC1.[Cl-].[Cl-].[Ti+3]. The van der Waals surface area contributed by atoms with Crippen molar-refractivity contribution in [1.29, 1.82) is 0 Å². The Morgan fingerprint density at radius 2 is 1.11 bits per heavy atom. The fourth-order valence-electron chi connectivity index (χ4n) is 6.05. The Kier molecular flexibility index (Phi) is 12.5. The molecule has 38 heavy (non-hydrogen) atoms. The van der Waals surface area contributed by atoms with E-state index >= 15 is 0 Å². The molecule has 3 aliphatic rings. The molecule has 0 heterocycles. The molecule has 0 spiro atoms. The second-order valence-electron chi connectivity index (χ2n) is 9.72. The van der Waals surface area contributed by atoms with Crippen LogP contribution in [0.15, 0.2) is 113 Å². The van der Waals surface area contributed by atoms with Gasteiger partial charge in [0, 0.05) is 0 Å². The summed E-state index contributed by atoms with van der Waals surface area (Å²) in [7, 11) is 0. The van der Waals surface area contributed by atoms with Gasteiger partial charge in [0.05, 0.1) is 0 Å². The minimum Gasteiger partial charge on any atom is -1.00 e. The van der Waals surface area contributed by atoms with Gasteiger partial charge in [0.2, 0.25) is 0 Å². The molecule has 0 bridgehead atoms. The maximum absolute atomic E-state index is 12.4. The van der Waals surface area contributed by atoms with Gasteiger partial charge in [0.1, 0.15) is 5.41 Å². The summed E-state index contributed by atoms with van der Waals surface area (Å²) in [6, 6.07) is 28.1. The van der Waals surface area contributed by atoms with Crippen LogP contribution in [0.4, 0.5) is 0 Å². The van der Waals surface area contributed by atoms with Gasteiger partial charge in [0.25, 0.3) is 0 Å². The molecule has 3 aliphatic carbocycles. The molecule has 0 aliphatic heterocycles. The minimum absolute atomic E-state index is 0. The van der Waals surface area contributed by atoms with Crippen molar-refractivity contribution in [3.63, 3.8) is 0 Å². The van der Waals surface area contributed by atoms with E-state index < -0.39 is 11.4 Å². The van der Waals surface area contributed by atoms with Crippen molar-refractivity contribution >= 4 is 5.97 Å². The third-order valence-corrected chi connectivity index (χ3v) is 7.70. The Labute approximate surface area is 254 Å². The van der Waals surface area contributed by atoms with Crippen molar-refractivity contribution in [3.05, 3.63) is 136 Å². The fraction of sp³-hybridized carbons (Fsp3) is 0.273. The average molecular weight is 580 g/mol. The standard InChI is InChI=1S/C20H16O2.C13H17.2ClH.Ti/c21-19(22)20(16-10-4-1-5-11-16,17-12-6-2-7-13-17)18-14-8-3-9-15-18;1-3-7-12-10(5-1)9-11-6-2-4-8-13(11)12;;;/h1-15H,(H,21,22);5H,1-4,6-9H2;2*1H;/q;-1;;;+3/p-2. The summed E-state index contributed by atoms with van der Waals surface area (Å²) < 4.78 is 0. The van der Waals surface area contributed by atoms with Crippen LogP contribution in [0.3, 0.4) is 0 Å². The van der Waals surface area contributed by atoms with Gasteiger partial charge in [-0.15, -0.1) is 12.0 Å². The average Bonchev–Trinajstić information content (AvgIpc) is 3.30. The number of allylic oxidation sites excluding steroid dienone is 4. The van der Waals surface area contributed by atoms with E-state index in [4.69, 9.17) is 0 Å². The number of carbonyl (C=O) groups is 1. The third-order valence-electron chi connectivity index (χ3n) is 7.70. The normalized spacial score (nSPS) is 15.7. The maximum atomic E-state index is 12.4. The van der Waals surface area contributed by atoms with Gasteiger partial charge in [-0.05, 0) is 42.4 Å². The predicted octanol–water partition coefficient (Wildman–Crippen LogP) is 2.06.